The summed E-state index contributed by atoms with van der Waals surface area (Å²) in [5, 5.41) is 0. The van der Waals surface area contributed by atoms with Crippen LogP contribution in [0, 0.1) is 32.6 Å². The van der Waals surface area contributed by atoms with Crippen molar-refractivity contribution in [1.82, 2.24) is 9.88 Å². The van der Waals surface area contributed by atoms with Gasteiger partial charge in [0.05, 0.1) is 0 Å². The van der Waals surface area contributed by atoms with Crippen molar-refractivity contribution in [3.05, 3.63) is 95.9 Å². The van der Waals surface area contributed by atoms with Crippen LogP contribution >= 0.6 is 0 Å². The summed E-state index contributed by atoms with van der Waals surface area (Å²) in [6.07, 6.45) is 3.82. The molecule has 1 saturated heterocycles. The van der Waals surface area contributed by atoms with E-state index in [0.717, 1.165) is 20.3 Å². The molecule has 0 N–H and O–H groups in total. The molecule has 2 aromatic carbocycles. The third-order valence-electron chi connectivity index (χ3n) is 5.41. The van der Waals surface area contributed by atoms with Crippen LogP contribution in [0.2, 0.25) is 0 Å². The van der Waals surface area contributed by atoms with Gasteiger partial charge in [0, 0.05) is 37.8 Å². The highest BCUT2D eigenvalue weighted by Crippen LogP contribution is 2.30. The van der Waals surface area contributed by atoms with Gasteiger partial charge < -0.3 is 4.90 Å². The highest BCUT2D eigenvalue weighted by molar-refractivity contribution is 5.79. The first-order valence-corrected chi connectivity index (χ1v) is 11.9. The molecule has 1 atom stereocenters. The SMILES string of the molecule is Cc1ccc([I+]c2cc(C3CC(=O)N(Cc4ccncc4C)C3)cc(F)c2F)cc1. The number of aromatic nitrogens is 1. The zero-order valence-electron chi connectivity index (χ0n) is 16.8. The average Bonchev–Trinajstić information content (AvgIpc) is 3.09. The molecule has 1 aliphatic heterocycles. The number of benzene rings is 2. The Balaban J connectivity index is 1.55. The van der Waals surface area contributed by atoms with E-state index in [9.17, 15) is 13.6 Å². The number of amides is 1. The van der Waals surface area contributed by atoms with Gasteiger partial charge in [0.25, 0.3) is 0 Å². The molecule has 1 aliphatic rings. The number of pyridine rings is 1. The Morgan fingerprint density at radius 2 is 1.90 bits per heavy atom. The first kappa shape index (κ1) is 20.9. The minimum absolute atomic E-state index is 0.0377. The van der Waals surface area contributed by atoms with E-state index < -0.39 is 32.8 Å². The van der Waals surface area contributed by atoms with Gasteiger partial charge in [-0.1, -0.05) is 17.7 Å². The molecule has 1 aromatic heterocycles. The summed E-state index contributed by atoms with van der Waals surface area (Å²) in [7, 11) is 0. The first-order valence-electron chi connectivity index (χ1n) is 9.78. The van der Waals surface area contributed by atoms with E-state index in [4.69, 9.17) is 0 Å². The van der Waals surface area contributed by atoms with Crippen LogP contribution < -0.4 is 21.2 Å². The minimum atomic E-state index is -0.843. The Kier molecular flexibility index (Phi) is 6.13. The van der Waals surface area contributed by atoms with Crippen LogP contribution in [0.5, 0.6) is 0 Å². The van der Waals surface area contributed by atoms with Crippen LogP contribution in [-0.2, 0) is 11.3 Å². The van der Waals surface area contributed by atoms with Crippen molar-refractivity contribution in [2.45, 2.75) is 32.7 Å². The number of rotatable bonds is 5. The molecule has 154 valence electrons. The van der Waals surface area contributed by atoms with Crippen molar-refractivity contribution in [3.63, 3.8) is 0 Å². The van der Waals surface area contributed by atoms with E-state index in [-0.39, 0.29) is 11.8 Å². The maximum atomic E-state index is 14.5. The van der Waals surface area contributed by atoms with Gasteiger partial charge in [0.15, 0.2) is 9.39 Å². The number of aryl methyl sites for hydroxylation is 2. The van der Waals surface area contributed by atoms with E-state index in [1.54, 1.807) is 23.4 Å². The second-order valence-electron chi connectivity index (χ2n) is 7.67. The molecule has 4 rings (SSSR count). The van der Waals surface area contributed by atoms with Crippen molar-refractivity contribution < 1.29 is 34.8 Å². The molecule has 0 radical (unpaired) electrons. The standard InChI is InChI=1S/C24H22F2IN2O/c1-15-3-5-20(6-4-15)27-22-10-18(9-21(25)24(22)26)19-11-23(30)29(14-19)13-17-7-8-28-12-16(17)2/h3-10,12,19H,11,13-14H2,1-2H3/q+1. The second-order valence-corrected chi connectivity index (χ2v) is 10.6. The minimum Gasteiger partial charge on any atom is -0.338 e. The smallest absolute Gasteiger partial charge is 0.338 e. The van der Waals surface area contributed by atoms with Gasteiger partial charge in [0.1, 0.15) is 0 Å². The molecule has 3 nitrogen and oxygen atoms in total. The van der Waals surface area contributed by atoms with Crippen molar-refractivity contribution >= 4 is 5.91 Å². The summed E-state index contributed by atoms with van der Waals surface area (Å²) in [4.78, 5) is 18.5. The number of carbonyl (C=O) groups excluding carboxylic acids is 1. The zero-order chi connectivity index (χ0) is 21.3. The average molecular weight is 519 g/mol. The Labute approximate surface area is 185 Å². The fraction of sp³-hybridized carbons (Fsp3) is 0.250. The highest BCUT2D eigenvalue weighted by atomic mass is 127. The van der Waals surface area contributed by atoms with E-state index in [2.05, 4.69) is 4.98 Å². The Morgan fingerprint density at radius 3 is 2.63 bits per heavy atom. The van der Waals surface area contributed by atoms with Gasteiger partial charge >= 0.3 is 21.2 Å². The van der Waals surface area contributed by atoms with Gasteiger partial charge in [0.2, 0.25) is 15.3 Å². The summed E-state index contributed by atoms with van der Waals surface area (Å²) < 4.78 is 30.3. The molecule has 3 aromatic rings. The molecule has 0 bridgehead atoms. The third-order valence-corrected chi connectivity index (χ3v) is 8.12. The van der Waals surface area contributed by atoms with Gasteiger partial charge in [-0.25, -0.2) is 4.39 Å². The second kappa shape index (κ2) is 8.79. The predicted octanol–water partition coefficient (Wildman–Crippen LogP) is 1.62. The molecule has 1 amide bonds. The predicted molar refractivity (Wildman–Crippen MR) is 107 cm³/mol. The maximum absolute atomic E-state index is 14.5. The lowest BCUT2D eigenvalue weighted by atomic mass is 9.98. The number of nitrogens with zero attached hydrogens (tertiary/aromatic N) is 2. The molecule has 6 heteroatoms. The quantitative estimate of drug-likeness (QED) is 0.380. The molecule has 0 aliphatic carbocycles. The van der Waals surface area contributed by atoms with E-state index in [1.165, 1.54) is 6.07 Å². The molecule has 1 unspecified atom stereocenters. The summed E-state index contributed by atoms with van der Waals surface area (Å²) in [5.74, 6) is -1.68. The Bertz CT molecular complexity index is 1090. The largest absolute Gasteiger partial charge is 0.361 e. The Morgan fingerprint density at radius 1 is 1.13 bits per heavy atom. The lowest BCUT2D eigenvalue weighted by molar-refractivity contribution is -0.600. The summed E-state index contributed by atoms with van der Waals surface area (Å²) in [6, 6.07) is 12.9. The molecule has 2 heterocycles. The fourth-order valence-corrected chi connectivity index (χ4v) is 6.03. The van der Waals surface area contributed by atoms with Crippen LogP contribution in [0.3, 0.4) is 0 Å². The van der Waals surface area contributed by atoms with Crippen molar-refractivity contribution in [2.24, 2.45) is 0 Å². The number of hydrogen-bond donors (Lipinski definition) is 0. The van der Waals surface area contributed by atoms with Crippen molar-refractivity contribution in [1.29, 1.82) is 0 Å². The van der Waals surface area contributed by atoms with Crippen LogP contribution in [-0.4, -0.2) is 22.3 Å². The van der Waals surface area contributed by atoms with Crippen LogP contribution in [0.25, 0.3) is 0 Å². The fourth-order valence-electron chi connectivity index (χ4n) is 3.63. The van der Waals surface area contributed by atoms with Gasteiger partial charge in [-0.2, -0.15) is 4.39 Å². The summed E-state index contributed by atoms with van der Waals surface area (Å²) in [6.45, 7) is 4.99. The van der Waals surface area contributed by atoms with Gasteiger partial charge in [-0.15, -0.1) is 0 Å². The highest BCUT2D eigenvalue weighted by Gasteiger charge is 2.33. The molecule has 30 heavy (non-hydrogen) atoms. The number of likely N-dealkylation sites (tertiary alicyclic amines) is 1. The Hall–Kier alpha value is -2.35. The zero-order valence-corrected chi connectivity index (χ0v) is 19.0. The van der Waals surface area contributed by atoms with Gasteiger partial charge in [-0.3, -0.25) is 9.78 Å². The van der Waals surface area contributed by atoms with Gasteiger partial charge in [-0.05, 0) is 60.9 Å². The molecule has 0 spiro atoms. The summed E-state index contributed by atoms with van der Waals surface area (Å²) >= 11 is -0.843. The lowest BCUT2D eigenvalue weighted by Gasteiger charge is -2.18. The molecular formula is C24H22F2IN2O+. The number of halogens is 3. The van der Waals surface area contributed by atoms with Crippen LogP contribution in [0.15, 0.2) is 54.9 Å². The van der Waals surface area contributed by atoms with Crippen molar-refractivity contribution in [2.75, 3.05) is 6.54 Å². The molecule has 1 fully saturated rings. The molecule has 0 saturated carbocycles. The van der Waals surface area contributed by atoms with Crippen molar-refractivity contribution in [3.8, 4) is 0 Å². The number of hydrogen-bond acceptors (Lipinski definition) is 2. The summed E-state index contributed by atoms with van der Waals surface area (Å²) in [5.41, 5.74) is 3.93. The first-order chi connectivity index (χ1) is 14.4. The topological polar surface area (TPSA) is 33.2 Å². The lowest BCUT2D eigenvalue weighted by Crippen LogP contribution is -3.61. The van der Waals surface area contributed by atoms with E-state index in [0.29, 0.717) is 28.6 Å². The third kappa shape index (κ3) is 4.53. The normalized spacial score (nSPS) is 16.3. The van der Waals surface area contributed by atoms with E-state index >= 15 is 0 Å². The maximum Gasteiger partial charge on any atom is 0.361 e. The molecular weight excluding hydrogens is 497 g/mol. The number of carbonyl (C=O) groups is 1. The van der Waals surface area contributed by atoms with E-state index in [1.807, 2.05) is 44.2 Å². The monoisotopic (exact) mass is 519 g/mol. The van der Waals surface area contributed by atoms with Crippen LogP contribution in [0.4, 0.5) is 8.78 Å². The van der Waals surface area contributed by atoms with Crippen LogP contribution in [0.1, 0.15) is 34.6 Å².